The van der Waals surface area contributed by atoms with Crippen LogP contribution in [-0.2, 0) is 41.2 Å². The molecule has 4 aromatic heterocycles. The van der Waals surface area contributed by atoms with E-state index in [1.54, 1.807) is 18.2 Å². The number of amides is 3. The molecule has 0 saturated heterocycles. The summed E-state index contributed by atoms with van der Waals surface area (Å²) in [5, 5.41) is 15.5. The summed E-state index contributed by atoms with van der Waals surface area (Å²) in [6, 6.07) is 18.9. The van der Waals surface area contributed by atoms with Crippen molar-refractivity contribution in [3.63, 3.8) is 0 Å². The van der Waals surface area contributed by atoms with Crippen LogP contribution in [0.2, 0.25) is 5.15 Å². The van der Waals surface area contributed by atoms with Crippen LogP contribution < -0.4 is 37.6 Å². The number of nitrogens with zero attached hydrogens (tertiary/aromatic N) is 4. The molecule has 2 aromatic carbocycles. The van der Waals surface area contributed by atoms with E-state index >= 15 is 0 Å². The fourth-order valence-corrected chi connectivity index (χ4v) is 6.60. The standard InChI is InChI=1S/C22H18F3N5O2.C13H10ClF3N4O.C8H8N2O/c1-26-21(32)16-3-2-6-27-20(16)30-18-10-19(28-11-17(18)22(23,24)25)29-14-5-4-12-8-15(31)9-13(12)7-14;1-18-12(22)7-3-2-4-19-11(7)21-9-5-10(14)20-6-8(9)13(15,16)17;9-6-1-2-7-5(3-6)4-8(11)10-7/h2-7,10-11H,8-9H2,1H3,(H,26,32)(H2,27,28,29,30);2-6H,1H3,(H,18,22)(H,19,20,21);1-3H,4,9H2,(H,10,11). The highest BCUT2D eigenvalue weighted by Crippen LogP contribution is 2.39. The molecule has 1 aliphatic carbocycles. The first-order chi connectivity index (χ1) is 30.8. The molecule has 336 valence electrons. The third kappa shape index (κ3) is 11.8. The number of benzene rings is 2. The lowest BCUT2D eigenvalue weighted by Gasteiger charge is -2.17. The predicted octanol–water partition coefficient (Wildman–Crippen LogP) is 8.03. The van der Waals surface area contributed by atoms with Crippen molar-refractivity contribution in [3.8, 4) is 0 Å². The Labute approximate surface area is 370 Å². The molecule has 2 aliphatic rings. The van der Waals surface area contributed by atoms with Crippen molar-refractivity contribution in [2.75, 3.05) is 41.1 Å². The number of hydrogen-bond acceptors (Lipinski definition) is 12. The molecule has 5 heterocycles. The molecule has 3 amide bonds. The van der Waals surface area contributed by atoms with Gasteiger partial charge in [-0.05, 0) is 77.4 Å². The SMILES string of the molecule is CNC(=O)c1cccnc1Nc1cc(Cl)ncc1C(F)(F)F.CNC(=O)c1cccnc1Nc1cc(Nc2ccc3c(c2)CC(=O)C3)ncc1C(F)(F)F.Nc1ccc2c(c1)CC(=O)N2. The first-order valence-electron chi connectivity index (χ1n) is 19.1. The number of nitrogens with two attached hydrogens (primary N) is 1. The first-order valence-corrected chi connectivity index (χ1v) is 19.5. The molecule has 0 unspecified atom stereocenters. The van der Waals surface area contributed by atoms with Crippen LogP contribution in [0, 0.1) is 0 Å². The van der Waals surface area contributed by atoms with Crippen LogP contribution >= 0.6 is 11.6 Å². The van der Waals surface area contributed by atoms with Crippen molar-refractivity contribution in [3.05, 3.63) is 142 Å². The van der Waals surface area contributed by atoms with Crippen LogP contribution in [0.15, 0.2) is 97.6 Å². The Bertz CT molecular complexity index is 2790. The Morgan fingerprint density at radius 2 is 1.23 bits per heavy atom. The minimum atomic E-state index is -4.68. The molecule has 6 aromatic rings. The van der Waals surface area contributed by atoms with Gasteiger partial charge < -0.3 is 37.6 Å². The minimum Gasteiger partial charge on any atom is -0.399 e. The van der Waals surface area contributed by atoms with Crippen molar-refractivity contribution < 1.29 is 45.5 Å². The van der Waals surface area contributed by atoms with Gasteiger partial charge in [-0.25, -0.2) is 19.9 Å². The lowest BCUT2D eigenvalue weighted by molar-refractivity contribution is -0.138. The molecule has 8 rings (SSSR count). The summed E-state index contributed by atoms with van der Waals surface area (Å²) in [7, 11) is 2.82. The molecule has 0 bridgehead atoms. The third-order valence-electron chi connectivity index (χ3n) is 9.46. The second-order valence-electron chi connectivity index (χ2n) is 14.0. The number of nitrogen functional groups attached to an aromatic ring is 1. The van der Waals surface area contributed by atoms with Crippen LogP contribution in [0.25, 0.3) is 0 Å². The molecular weight excluding hydrogens is 884 g/mol. The Kier molecular flexibility index (Phi) is 14.2. The molecule has 1 aliphatic heterocycles. The predicted molar refractivity (Wildman–Crippen MR) is 231 cm³/mol. The van der Waals surface area contributed by atoms with E-state index in [9.17, 15) is 45.5 Å². The molecule has 0 spiro atoms. The number of fused-ring (bicyclic) bond motifs is 2. The van der Waals surface area contributed by atoms with Gasteiger partial charge in [0.1, 0.15) is 28.4 Å². The maximum Gasteiger partial charge on any atom is 0.419 e. The highest BCUT2D eigenvalue weighted by atomic mass is 35.5. The van der Waals surface area contributed by atoms with Gasteiger partial charge in [-0.2, -0.15) is 26.3 Å². The van der Waals surface area contributed by atoms with Crippen molar-refractivity contribution >= 4 is 81.0 Å². The van der Waals surface area contributed by atoms with Crippen molar-refractivity contribution in [1.82, 2.24) is 30.6 Å². The maximum absolute atomic E-state index is 13.6. The third-order valence-corrected chi connectivity index (χ3v) is 9.67. The van der Waals surface area contributed by atoms with E-state index in [2.05, 4.69) is 51.8 Å². The van der Waals surface area contributed by atoms with Crippen molar-refractivity contribution in [2.45, 2.75) is 31.6 Å². The number of carbonyl (C=O) groups is 4. The number of rotatable bonds is 8. The molecule has 8 N–H and O–H groups in total. The highest BCUT2D eigenvalue weighted by molar-refractivity contribution is 6.29. The Morgan fingerprint density at radius 1 is 0.662 bits per heavy atom. The molecule has 65 heavy (non-hydrogen) atoms. The Hall–Kier alpha value is -7.81. The Balaban J connectivity index is 0.000000182. The Morgan fingerprint density at radius 3 is 1.82 bits per heavy atom. The summed E-state index contributed by atoms with van der Waals surface area (Å²) in [4.78, 5) is 61.5. The van der Waals surface area contributed by atoms with Gasteiger partial charge in [0.2, 0.25) is 5.91 Å². The van der Waals surface area contributed by atoms with Gasteiger partial charge in [0, 0.05) is 74.9 Å². The lowest BCUT2D eigenvalue weighted by Crippen LogP contribution is -2.20. The van der Waals surface area contributed by atoms with Crippen LogP contribution in [0.3, 0.4) is 0 Å². The highest BCUT2D eigenvalue weighted by Gasteiger charge is 2.36. The van der Waals surface area contributed by atoms with E-state index in [0.717, 1.165) is 28.4 Å². The zero-order valence-corrected chi connectivity index (χ0v) is 34.8. The number of ketones is 1. The topological polar surface area (TPSA) is 218 Å². The summed E-state index contributed by atoms with van der Waals surface area (Å²) in [6.07, 6.45) is -4.07. The first kappa shape index (κ1) is 46.7. The molecular formula is C43H36ClF6N11O4. The second-order valence-corrected chi connectivity index (χ2v) is 14.4. The number of Topliss-reactive ketones (excluding diaryl/α,β-unsaturated/α-hetero) is 1. The monoisotopic (exact) mass is 919 g/mol. The normalized spacial score (nSPS) is 12.6. The van der Waals surface area contributed by atoms with Crippen LogP contribution in [-0.4, -0.2) is 57.5 Å². The largest absolute Gasteiger partial charge is 0.419 e. The van der Waals surface area contributed by atoms with Gasteiger partial charge >= 0.3 is 12.4 Å². The average Bonchev–Trinajstić information content (AvgIpc) is 3.82. The van der Waals surface area contributed by atoms with Crippen LogP contribution in [0.5, 0.6) is 0 Å². The number of carbonyl (C=O) groups excluding carboxylic acids is 4. The number of nitrogens with one attached hydrogen (secondary N) is 6. The molecule has 0 radical (unpaired) electrons. The van der Waals surface area contributed by atoms with Gasteiger partial charge in [-0.15, -0.1) is 0 Å². The van der Waals surface area contributed by atoms with Crippen molar-refractivity contribution in [1.29, 1.82) is 0 Å². The molecule has 0 saturated carbocycles. The van der Waals surface area contributed by atoms with E-state index in [1.165, 1.54) is 56.8 Å². The smallest absolute Gasteiger partial charge is 0.399 e. The van der Waals surface area contributed by atoms with Gasteiger partial charge in [0.25, 0.3) is 11.8 Å². The van der Waals surface area contributed by atoms with Crippen molar-refractivity contribution in [2.24, 2.45) is 0 Å². The van der Waals surface area contributed by atoms with E-state index in [0.29, 0.717) is 43.0 Å². The summed E-state index contributed by atoms with van der Waals surface area (Å²) in [5.74, 6) is -0.690. The second kappa shape index (κ2) is 19.7. The van der Waals surface area contributed by atoms with E-state index in [4.69, 9.17) is 17.3 Å². The fourth-order valence-electron chi connectivity index (χ4n) is 6.44. The van der Waals surface area contributed by atoms with Gasteiger partial charge in [0.05, 0.1) is 40.0 Å². The number of anilines is 8. The number of pyridine rings is 4. The van der Waals surface area contributed by atoms with E-state index in [1.807, 2.05) is 18.2 Å². The summed E-state index contributed by atoms with van der Waals surface area (Å²) >= 11 is 5.64. The quantitative estimate of drug-likeness (QED) is 0.0439. The minimum absolute atomic E-state index is 0.0189. The number of halogens is 7. The lowest BCUT2D eigenvalue weighted by atomic mass is 10.1. The molecule has 0 fully saturated rings. The van der Waals surface area contributed by atoms with Gasteiger partial charge in [-0.3, -0.25) is 19.2 Å². The van der Waals surface area contributed by atoms with E-state index in [-0.39, 0.29) is 56.8 Å². The summed E-state index contributed by atoms with van der Waals surface area (Å²) in [5.41, 5.74) is 8.10. The summed E-state index contributed by atoms with van der Waals surface area (Å²) < 4.78 is 79.7. The maximum atomic E-state index is 13.6. The average molecular weight is 920 g/mol. The van der Waals surface area contributed by atoms with Crippen LogP contribution in [0.1, 0.15) is 48.5 Å². The van der Waals surface area contributed by atoms with Crippen LogP contribution in [0.4, 0.5) is 72.2 Å². The number of aromatic nitrogens is 4. The number of hydrogen-bond donors (Lipinski definition) is 7. The molecule has 0 atom stereocenters. The summed E-state index contributed by atoms with van der Waals surface area (Å²) in [6.45, 7) is 0. The zero-order valence-electron chi connectivity index (χ0n) is 34.0. The zero-order chi connectivity index (χ0) is 47.1. The molecule has 15 nitrogen and oxygen atoms in total. The van der Waals surface area contributed by atoms with E-state index < -0.39 is 35.3 Å². The van der Waals surface area contributed by atoms with Gasteiger partial charge in [0.15, 0.2) is 0 Å². The number of alkyl halides is 6. The molecule has 22 heteroatoms. The fraction of sp³-hybridized carbons (Fsp3) is 0.163. The van der Waals surface area contributed by atoms with Gasteiger partial charge in [-0.1, -0.05) is 17.7 Å².